The molecule has 1 aliphatic rings. The first-order valence-electron chi connectivity index (χ1n) is 8.57. The zero-order valence-electron chi connectivity index (χ0n) is 15.5. The van der Waals surface area contributed by atoms with Gasteiger partial charge in [0.2, 0.25) is 0 Å². The van der Waals surface area contributed by atoms with Crippen molar-refractivity contribution in [3.63, 3.8) is 0 Å². The molecule has 0 unspecified atom stereocenters. The van der Waals surface area contributed by atoms with Crippen LogP contribution in [0, 0.1) is 13.8 Å². The molecule has 0 aromatic heterocycles. The quantitative estimate of drug-likeness (QED) is 0.293. The van der Waals surface area contributed by atoms with Gasteiger partial charge >= 0.3 is 0 Å². The Morgan fingerprint density at radius 1 is 1.14 bits per heavy atom. The third-order valence-electron chi connectivity index (χ3n) is 4.25. The molecular formula is C21H19N3O2S2. The minimum Gasteiger partial charge on any atom is -0.507 e. The van der Waals surface area contributed by atoms with E-state index in [1.807, 2.05) is 32.0 Å². The second kappa shape index (κ2) is 8.50. The Morgan fingerprint density at radius 2 is 1.82 bits per heavy atom. The summed E-state index contributed by atoms with van der Waals surface area (Å²) in [7, 11) is 0. The summed E-state index contributed by atoms with van der Waals surface area (Å²) >= 11 is 6.43. The van der Waals surface area contributed by atoms with Crippen molar-refractivity contribution in [2.45, 2.75) is 13.8 Å². The van der Waals surface area contributed by atoms with E-state index in [9.17, 15) is 9.90 Å². The number of carbonyl (C=O) groups is 1. The number of amides is 1. The van der Waals surface area contributed by atoms with Crippen molar-refractivity contribution in [3.05, 3.63) is 70.6 Å². The second-order valence-electron chi connectivity index (χ2n) is 6.29. The van der Waals surface area contributed by atoms with Gasteiger partial charge in [0.15, 0.2) is 0 Å². The van der Waals surface area contributed by atoms with Gasteiger partial charge in [-0.3, -0.25) is 9.69 Å². The Balaban J connectivity index is 1.86. The number of thioether (sulfide) groups is 1. The number of carbonyl (C=O) groups excluding carboxylic acids is 1. The van der Waals surface area contributed by atoms with Crippen molar-refractivity contribution in [2.75, 3.05) is 6.54 Å². The lowest BCUT2D eigenvalue weighted by Gasteiger charge is -2.10. The lowest BCUT2D eigenvalue weighted by Crippen LogP contribution is -2.27. The van der Waals surface area contributed by atoms with Crippen LogP contribution in [0.5, 0.6) is 5.75 Å². The van der Waals surface area contributed by atoms with Crippen LogP contribution >= 0.6 is 24.0 Å². The summed E-state index contributed by atoms with van der Waals surface area (Å²) in [6.07, 6.45) is 3.24. The zero-order valence-corrected chi connectivity index (χ0v) is 17.2. The van der Waals surface area contributed by atoms with E-state index in [1.54, 1.807) is 24.3 Å². The fraction of sp³-hybridized carbons (Fsp3) is 0.143. The van der Waals surface area contributed by atoms with Gasteiger partial charge in [-0.2, -0.15) is 10.2 Å². The van der Waals surface area contributed by atoms with Crippen LogP contribution in [0.25, 0.3) is 6.08 Å². The van der Waals surface area contributed by atoms with Gasteiger partial charge in [0, 0.05) is 12.1 Å². The van der Waals surface area contributed by atoms with Gasteiger partial charge in [-0.25, -0.2) is 0 Å². The van der Waals surface area contributed by atoms with Crippen molar-refractivity contribution in [1.82, 2.24) is 4.90 Å². The van der Waals surface area contributed by atoms with Gasteiger partial charge in [0.1, 0.15) is 10.1 Å². The summed E-state index contributed by atoms with van der Waals surface area (Å²) in [4.78, 5) is 14.4. The van der Waals surface area contributed by atoms with E-state index >= 15 is 0 Å². The lowest BCUT2D eigenvalue weighted by atomic mass is 10.1. The summed E-state index contributed by atoms with van der Waals surface area (Å²) in [5, 5.41) is 18.7. The largest absolute Gasteiger partial charge is 0.507 e. The topological polar surface area (TPSA) is 65.3 Å². The molecule has 0 radical (unpaired) electrons. The van der Waals surface area contributed by atoms with E-state index in [0.29, 0.717) is 27.0 Å². The molecule has 0 atom stereocenters. The molecule has 1 aliphatic heterocycles. The molecule has 0 bridgehead atoms. The fourth-order valence-corrected chi connectivity index (χ4v) is 3.82. The highest BCUT2D eigenvalue weighted by Gasteiger charge is 2.31. The number of thiocarbonyl (C=S) groups is 1. The number of rotatable bonds is 5. The van der Waals surface area contributed by atoms with Crippen LogP contribution in [0.1, 0.15) is 16.7 Å². The summed E-state index contributed by atoms with van der Waals surface area (Å²) < 4.78 is 0.473. The van der Waals surface area contributed by atoms with Crippen molar-refractivity contribution in [1.29, 1.82) is 0 Å². The van der Waals surface area contributed by atoms with Gasteiger partial charge < -0.3 is 5.11 Å². The lowest BCUT2D eigenvalue weighted by molar-refractivity contribution is -0.121. The molecule has 2 aromatic carbocycles. The average Bonchev–Trinajstić information content (AvgIpc) is 2.93. The van der Waals surface area contributed by atoms with E-state index in [1.165, 1.54) is 28.3 Å². The Kier molecular flexibility index (Phi) is 6.06. The van der Waals surface area contributed by atoms with Gasteiger partial charge in [0.05, 0.1) is 16.3 Å². The first-order valence-corrected chi connectivity index (χ1v) is 9.80. The monoisotopic (exact) mass is 409 g/mol. The molecule has 3 rings (SSSR count). The second-order valence-corrected chi connectivity index (χ2v) is 7.97. The maximum Gasteiger partial charge on any atom is 0.266 e. The van der Waals surface area contributed by atoms with Crippen LogP contribution in [0.2, 0.25) is 0 Å². The van der Waals surface area contributed by atoms with Crippen LogP contribution in [0.4, 0.5) is 11.4 Å². The fourth-order valence-electron chi connectivity index (χ4n) is 2.55. The highest BCUT2D eigenvalue weighted by molar-refractivity contribution is 8.26. The highest BCUT2D eigenvalue weighted by Crippen LogP contribution is 2.35. The molecule has 5 nitrogen and oxygen atoms in total. The van der Waals surface area contributed by atoms with Crippen LogP contribution in [-0.4, -0.2) is 26.8 Å². The molecule has 0 aliphatic carbocycles. The zero-order chi connectivity index (χ0) is 20.3. The minimum absolute atomic E-state index is 0.0547. The van der Waals surface area contributed by atoms with E-state index < -0.39 is 0 Å². The van der Waals surface area contributed by atoms with Crippen LogP contribution in [-0.2, 0) is 4.79 Å². The predicted octanol–water partition coefficient (Wildman–Crippen LogP) is 5.81. The maximum absolute atomic E-state index is 12.5. The van der Waals surface area contributed by atoms with E-state index in [-0.39, 0.29) is 11.7 Å². The molecule has 28 heavy (non-hydrogen) atoms. The number of benzene rings is 2. The first kappa shape index (κ1) is 20.0. The number of phenolic OH excluding ortho intramolecular Hbond substituents is 1. The molecule has 1 fully saturated rings. The Bertz CT molecular complexity index is 1030. The normalized spacial score (nSPS) is 15.8. The third kappa shape index (κ3) is 4.37. The smallest absolute Gasteiger partial charge is 0.266 e. The standard InChI is InChI=1S/C21H19N3O2S2/c1-4-9-24-20(26)19(28-21(24)27)12-15-11-17(7-8-18(15)25)23-22-16-6-5-13(2)14(3)10-16/h4-8,10-12,25H,1,9H2,2-3H3/b19-12-,23-22?. The summed E-state index contributed by atoms with van der Waals surface area (Å²) in [6.45, 7) is 8.06. The minimum atomic E-state index is -0.198. The summed E-state index contributed by atoms with van der Waals surface area (Å²) in [6, 6.07) is 10.7. The molecule has 2 aromatic rings. The van der Waals surface area contributed by atoms with Crippen molar-refractivity contribution < 1.29 is 9.90 Å². The number of aryl methyl sites for hydroxylation is 2. The highest BCUT2D eigenvalue weighted by atomic mass is 32.2. The first-order chi connectivity index (χ1) is 13.4. The molecule has 1 amide bonds. The van der Waals surface area contributed by atoms with E-state index in [0.717, 1.165) is 11.3 Å². The molecule has 0 saturated carbocycles. The molecule has 1 heterocycles. The van der Waals surface area contributed by atoms with Crippen LogP contribution in [0.3, 0.4) is 0 Å². The third-order valence-corrected chi connectivity index (χ3v) is 5.63. The molecule has 0 spiro atoms. The average molecular weight is 410 g/mol. The van der Waals surface area contributed by atoms with Crippen LogP contribution in [0.15, 0.2) is 64.2 Å². The van der Waals surface area contributed by atoms with Gasteiger partial charge in [0.25, 0.3) is 5.91 Å². The van der Waals surface area contributed by atoms with E-state index in [2.05, 4.69) is 16.8 Å². The molecule has 1 N–H and O–H groups in total. The molecule has 142 valence electrons. The van der Waals surface area contributed by atoms with Crippen molar-refractivity contribution >= 4 is 51.7 Å². The van der Waals surface area contributed by atoms with Gasteiger partial charge in [-0.05, 0) is 61.4 Å². The number of hydrogen-bond donors (Lipinski definition) is 1. The van der Waals surface area contributed by atoms with E-state index in [4.69, 9.17) is 12.2 Å². The SMILES string of the molecule is C=CCN1C(=O)/C(=C/c2cc(N=Nc3ccc(C)c(C)c3)ccc2O)SC1=S. The van der Waals surface area contributed by atoms with Crippen LogP contribution < -0.4 is 0 Å². The van der Waals surface area contributed by atoms with Crippen molar-refractivity contribution in [3.8, 4) is 5.75 Å². The number of azo groups is 1. The molecule has 1 saturated heterocycles. The maximum atomic E-state index is 12.5. The van der Waals surface area contributed by atoms with Gasteiger partial charge in [-0.15, -0.1) is 6.58 Å². The number of aromatic hydroxyl groups is 1. The molecular weight excluding hydrogens is 390 g/mol. The van der Waals surface area contributed by atoms with Crippen molar-refractivity contribution in [2.24, 2.45) is 10.2 Å². The number of hydrogen-bond acceptors (Lipinski definition) is 6. The number of nitrogens with zero attached hydrogens (tertiary/aromatic N) is 3. The number of phenols is 1. The summed E-state index contributed by atoms with van der Waals surface area (Å²) in [5.74, 6) is -0.143. The Labute approximate surface area is 173 Å². The predicted molar refractivity (Wildman–Crippen MR) is 118 cm³/mol. The Morgan fingerprint density at radius 3 is 2.50 bits per heavy atom. The molecule has 7 heteroatoms. The summed E-state index contributed by atoms with van der Waals surface area (Å²) in [5.41, 5.74) is 4.14. The Hall–Kier alpha value is -2.77. The van der Waals surface area contributed by atoms with Gasteiger partial charge in [-0.1, -0.05) is 36.1 Å².